The largest absolute Gasteiger partial charge is 0.496 e. The number of methoxy groups -OCH3 is 1. The van der Waals surface area contributed by atoms with E-state index in [0.717, 1.165) is 25.4 Å². The van der Waals surface area contributed by atoms with Gasteiger partial charge in [-0.2, -0.15) is 0 Å². The first kappa shape index (κ1) is 13.0. The minimum Gasteiger partial charge on any atom is -0.496 e. The predicted molar refractivity (Wildman–Crippen MR) is 67.8 cm³/mol. The molecular formula is C13H22N2O. The van der Waals surface area contributed by atoms with Gasteiger partial charge in [0.2, 0.25) is 0 Å². The molecule has 0 saturated carbocycles. The van der Waals surface area contributed by atoms with Gasteiger partial charge in [-0.3, -0.25) is 0 Å². The molecule has 1 rings (SSSR count). The Hall–Kier alpha value is -1.06. The normalized spacial score (nSPS) is 10.8. The zero-order chi connectivity index (χ0) is 12.0. The van der Waals surface area contributed by atoms with E-state index in [1.165, 1.54) is 11.1 Å². The van der Waals surface area contributed by atoms with Crippen LogP contribution in [-0.2, 0) is 13.1 Å². The molecule has 1 N–H and O–H groups in total. The van der Waals surface area contributed by atoms with Crippen LogP contribution in [0.4, 0.5) is 0 Å². The van der Waals surface area contributed by atoms with Crippen molar-refractivity contribution in [2.45, 2.75) is 20.0 Å². The van der Waals surface area contributed by atoms with Crippen molar-refractivity contribution < 1.29 is 4.74 Å². The van der Waals surface area contributed by atoms with Crippen molar-refractivity contribution in [2.24, 2.45) is 0 Å². The van der Waals surface area contributed by atoms with Crippen LogP contribution in [0.3, 0.4) is 0 Å². The van der Waals surface area contributed by atoms with E-state index in [0.29, 0.717) is 0 Å². The average molecular weight is 222 g/mol. The van der Waals surface area contributed by atoms with Gasteiger partial charge in [-0.1, -0.05) is 13.0 Å². The standard InChI is InChI=1S/C13H22N2O/c1-5-15(3)10-12-8-11(9-14-2)6-7-13(12)16-4/h6-8,14H,5,9-10H2,1-4H3. The molecule has 3 nitrogen and oxygen atoms in total. The zero-order valence-electron chi connectivity index (χ0n) is 10.7. The summed E-state index contributed by atoms with van der Waals surface area (Å²) >= 11 is 0. The Morgan fingerprint density at radius 2 is 2.12 bits per heavy atom. The van der Waals surface area contributed by atoms with Crippen molar-refractivity contribution in [1.82, 2.24) is 10.2 Å². The topological polar surface area (TPSA) is 24.5 Å². The first-order valence-electron chi connectivity index (χ1n) is 5.70. The van der Waals surface area contributed by atoms with Crippen LogP contribution in [0.5, 0.6) is 5.75 Å². The quantitative estimate of drug-likeness (QED) is 0.795. The summed E-state index contributed by atoms with van der Waals surface area (Å²) in [6, 6.07) is 6.36. The van der Waals surface area contributed by atoms with E-state index in [2.05, 4.69) is 36.3 Å². The van der Waals surface area contributed by atoms with E-state index >= 15 is 0 Å². The predicted octanol–water partition coefficient (Wildman–Crippen LogP) is 1.87. The number of hydrogen-bond donors (Lipinski definition) is 1. The Balaban J connectivity index is 2.88. The summed E-state index contributed by atoms with van der Waals surface area (Å²) < 4.78 is 5.38. The van der Waals surface area contributed by atoms with Crippen LogP contribution in [0.2, 0.25) is 0 Å². The van der Waals surface area contributed by atoms with Gasteiger partial charge < -0.3 is 15.0 Å². The second-order valence-corrected chi connectivity index (χ2v) is 4.01. The van der Waals surface area contributed by atoms with Crippen LogP contribution in [0, 0.1) is 0 Å². The Labute approximate surface area is 98.4 Å². The summed E-state index contributed by atoms with van der Waals surface area (Å²) in [5.74, 6) is 0.972. The molecule has 0 aliphatic heterocycles. The number of benzene rings is 1. The van der Waals surface area contributed by atoms with Gasteiger partial charge in [-0.05, 0) is 38.3 Å². The maximum Gasteiger partial charge on any atom is 0.123 e. The highest BCUT2D eigenvalue weighted by atomic mass is 16.5. The lowest BCUT2D eigenvalue weighted by atomic mass is 10.1. The lowest BCUT2D eigenvalue weighted by Crippen LogP contribution is -2.17. The number of ether oxygens (including phenoxy) is 1. The Bertz CT molecular complexity index is 326. The second kappa shape index (κ2) is 6.51. The molecule has 0 fully saturated rings. The molecule has 0 aliphatic carbocycles. The Morgan fingerprint density at radius 3 is 2.69 bits per heavy atom. The molecule has 0 aromatic heterocycles. The van der Waals surface area contributed by atoms with Gasteiger partial charge in [0.25, 0.3) is 0 Å². The monoisotopic (exact) mass is 222 g/mol. The van der Waals surface area contributed by atoms with E-state index in [1.54, 1.807) is 7.11 Å². The Kier molecular flexibility index (Phi) is 5.29. The van der Waals surface area contributed by atoms with Gasteiger partial charge in [0.05, 0.1) is 7.11 Å². The third-order valence-corrected chi connectivity index (χ3v) is 2.71. The average Bonchev–Trinajstić information content (AvgIpc) is 2.30. The molecule has 0 bridgehead atoms. The molecule has 0 radical (unpaired) electrons. The van der Waals surface area contributed by atoms with E-state index in [4.69, 9.17) is 4.74 Å². The fourth-order valence-electron chi connectivity index (χ4n) is 1.67. The summed E-state index contributed by atoms with van der Waals surface area (Å²) in [6.07, 6.45) is 0. The maximum atomic E-state index is 5.38. The minimum atomic E-state index is 0.896. The van der Waals surface area contributed by atoms with Crippen molar-refractivity contribution in [1.29, 1.82) is 0 Å². The number of nitrogens with one attached hydrogen (secondary N) is 1. The fourth-order valence-corrected chi connectivity index (χ4v) is 1.67. The molecule has 16 heavy (non-hydrogen) atoms. The zero-order valence-corrected chi connectivity index (χ0v) is 10.7. The summed E-state index contributed by atoms with van der Waals surface area (Å²) in [5.41, 5.74) is 2.54. The summed E-state index contributed by atoms with van der Waals surface area (Å²) in [7, 11) is 5.80. The molecule has 0 aliphatic rings. The third-order valence-electron chi connectivity index (χ3n) is 2.71. The molecule has 0 unspecified atom stereocenters. The smallest absolute Gasteiger partial charge is 0.123 e. The first-order chi connectivity index (χ1) is 7.71. The van der Waals surface area contributed by atoms with Crippen molar-refractivity contribution >= 4 is 0 Å². The fraction of sp³-hybridized carbons (Fsp3) is 0.538. The number of rotatable bonds is 6. The maximum absolute atomic E-state index is 5.38. The van der Waals surface area contributed by atoms with Crippen LogP contribution in [0.1, 0.15) is 18.1 Å². The molecule has 90 valence electrons. The van der Waals surface area contributed by atoms with Gasteiger partial charge in [0, 0.05) is 18.7 Å². The third kappa shape index (κ3) is 3.51. The van der Waals surface area contributed by atoms with E-state index < -0.39 is 0 Å². The van der Waals surface area contributed by atoms with E-state index in [9.17, 15) is 0 Å². The molecule has 0 heterocycles. The van der Waals surface area contributed by atoms with Gasteiger partial charge in [0.15, 0.2) is 0 Å². The van der Waals surface area contributed by atoms with Gasteiger partial charge in [0.1, 0.15) is 5.75 Å². The lowest BCUT2D eigenvalue weighted by molar-refractivity contribution is 0.333. The Morgan fingerprint density at radius 1 is 1.38 bits per heavy atom. The van der Waals surface area contributed by atoms with Crippen LogP contribution in [-0.4, -0.2) is 32.6 Å². The van der Waals surface area contributed by atoms with Gasteiger partial charge in [-0.25, -0.2) is 0 Å². The van der Waals surface area contributed by atoms with Gasteiger partial charge in [-0.15, -0.1) is 0 Å². The highest BCUT2D eigenvalue weighted by Gasteiger charge is 2.06. The summed E-state index contributed by atoms with van der Waals surface area (Å²) in [4.78, 5) is 2.26. The van der Waals surface area contributed by atoms with E-state index in [-0.39, 0.29) is 0 Å². The first-order valence-corrected chi connectivity index (χ1v) is 5.70. The van der Waals surface area contributed by atoms with E-state index in [1.807, 2.05) is 13.1 Å². The highest BCUT2D eigenvalue weighted by molar-refractivity contribution is 5.37. The minimum absolute atomic E-state index is 0.896. The van der Waals surface area contributed by atoms with Crippen LogP contribution < -0.4 is 10.1 Å². The van der Waals surface area contributed by atoms with Crippen LogP contribution in [0.15, 0.2) is 18.2 Å². The molecule has 0 spiro atoms. The van der Waals surface area contributed by atoms with Crippen LogP contribution in [0.25, 0.3) is 0 Å². The molecule has 1 aromatic carbocycles. The van der Waals surface area contributed by atoms with Crippen molar-refractivity contribution in [3.05, 3.63) is 29.3 Å². The second-order valence-electron chi connectivity index (χ2n) is 4.01. The lowest BCUT2D eigenvalue weighted by Gasteiger charge is -2.17. The molecule has 1 aromatic rings. The molecular weight excluding hydrogens is 200 g/mol. The van der Waals surface area contributed by atoms with Gasteiger partial charge >= 0.3 is 0 Å². The highest BCUT2D eigenvalue weighted by Crippen LogP contribution is 2.21. The number of nitrogens with zero attached hydrogens (tertiary/aromatic N) is 1. The van der Waals surface area contributed by atoms with Crippen molar-refractivity contribution in [3.63, 3.8) is 0 Å². The van der Waals surface area contributed by atoms with Crippen LogP contribution >= 0.6 is 0 Å². The number of hydrogen-bond acceptors (Lipinski definition) is 3. The molecule has 0 amide bonds. The molecule has 0 atom stereocenters. The summed E-state index contributed by atoms with van der Waals surface area (Å²) in [6.45, 7) is 5.02. The molecule has 3 heteroatoms. The SMILES string of the molecule is CCN(C)Cc1cc(CNC)ccc1OC. The summed E-state index contributed by atoms with van der Waals surface area (Å²) in [5, 5.41) is 3.16. The molecule has 0 saturated heterocycles. The van der Waals surface area contributed by atoms with Crippen molar-refractivity contribution in [2.75, 3.05) is 27.7 Å². The van der Waals surface area contributed by atoms with Crippen molar-refractivity contribution in [3.8, 4) is 5.75 Å².